The Hall–Kier alpha value is -8.24. The Morgan fingerprint density at radius 1 is 0.184 bits per heavy atom. The predicted octanol–water partition coefficient (Wildman–Crippen LogP) is 26.0. The first-order valence-corrected chi connectivity index (χ1v) is 43.6. The lowest BCUT2D eigenvalue weighted by Crippen LogP contribution is -2.17. The van der Waals surface area contributed by atoms with Gasteiger partial charge in [-0.2, -0.15) is 0 Å². The first kappa shape index (κ1) is 89.7. The highest BCUT2D eigenvalue weighted by molar-refractivity contribution is 5.65. The van der Waals surface area contributed by atoms with E-state index in [1.165, 1.54) is 33.4 Å². The van der Waals surface area contributed by atoms with Gasteiger partial charge in [0.15, 0.2) is 0 Å². The van der Waals surface area contributed by atoms with Crippen molar-refractivity contribution in [1.82, 2.24) is 0 Å². The molecule has 0 saturated carbocycles. The van der Waals surface area contributed by atoms with Crippen molar-refractivity contribution < 1.29 is 37.9 Å². The topological polar surface area (TPSA) is 126 Å². The van der Waals surface area contributed by atoms with Crippen molar-refractivity contribution in [3.8, 4) is 46.0 Å². The molecule has 0 heterocycles. The van der Waals surface area contributed by atoms with Crippen LogP contribution in [0.5, 0.6) is 46.0 Å². The summed E-state index contributed by atoms with van der Waals surface area (Å²) >= 11 is 0. The maximum absolute atomic E-state index is 7.35. The van der Waals surface area contributed by atoms with Crippen molar-refractivity contribution in [2.24, 2.45) is 0 Å². The molecule has 0 aromatic heterocycles. The van der Waals surface area contributed by atoms with Gasteiger partial charge in [-0.05, 0) is 208 Å². The lowest BCUT2D eigenvalue weighted by atomic mass is 9.80. The zero-order valence-corrected chi connectivity index (χ0v) is 75.6. The molecule has 10 heteroatoms. The molecule has 0 unspecified atom stereocenters. The van der Waals surface area contributed by atoms with E-state index in [0.29, 0.717) is 116 Å². The van der Waals surface area contributed by atoms with Crippen LogP contribution in [0.2, 0.25) is 0 Å². The summed E-state index contributed by atoms with van der Waals surface area (Å²) in [5, 5.41) is 0. The molecule has 620 valence electrons. The fourth-order valence-electron chi connectivity index (χ4n) is 15.5. The molecule has 114 heavy (non-hydrogen) atoms. The molecule has 0 atom stereocenters. The third-order valence-corrected chi connectivity index (χ3v) is 21.8. The molecule has 0 spiro atoms. The van der Waals surface area contributed by atoms with Gasteiger partial charge in [0.1, 0.15) is 46.0 Å². The number of nitrogens with two attached hydrogens (primary N) is 2. The van der Waals surface area contributed by atoms with E-state index < -0.39 is 0 Å². The minimum Gasteiger partial charge on any atom is -0.493 e. The zero-order chi connectivity index (χ0) is 83.4. The van der Waals surface area contributed by atoms with Crippen LogP contribution in [0, 0.1) is 0 Å². The van der Waals surface area contributed by atoms with Gasteiger partial charge in [-0.25, -0.2) is 0 Å². The van der Waals surface area contributed by atoms with Gasteiger partial charge in [-0.3, -0.25) is 0 Å². The number of fused-ring (bicyclic) bond motifs is 16. The average molecular weight is 1550 g/mol. The molecule has 1 aliphatic rings. The van der Waals surface area contributed by atoms with Crippen LogP contribution in [0.3, 0.4) is 0 Å². The number of benzene rings is 8. The second-order valence-corrected chi connectivity index (χ2v) is 38.8. The van der Waals surface area contributed by atoms with Crippen molar-refractivity contribution in [3.63, 3.8) is 0 Å². The molecule has 0 saturated heterocycles. The second-order valence-electron chi connectivity index (χ2n) is 38.8. The van der Waals surface area contributed by atoms with E-state index in [9.17, 15) is 0 Å². The quantitative estimate of drug-likeness (QED) is 0.0565. The fraction of sp³-hybridized carbons (Fsp3) is 0.538. The summed E-state index contributed by atoms with van der Waals surface area (Å²) in [5.41, 5.74) is 39.4. The molecular formula is C104H146N2O8. The number of hydrogen-bond donors (Lipinski definition) is 2. The maximum atomic E-state index is 7.35. The maximum Gasteiger partial charge on any atom is 0.126 e. The van der Waals surface area contributed by atoms with Crippen LogP contribution >= 0.6 is 0 Å². The number of rotatable bonds is 24. The van der Waals surface area contributed by atoms with Crippen LogP contribution < -0.4 is 49.4 Å². The lowest BCUT2D eigenvalue weighted by molar-refractivity contribution is 0.304. The summed E-state index contributed by atoms with van der Waals surface area (Å²) in [6.07, 6.45) is 11.0. The zero-order valence-electron chi connectivity index (χ0n) is 75.6. The Morgan fingerprint density at radius 3 is 0.368 bits per heavy atom. The summed E-state index contributed by atoms with van der Waals surface area (Å²) in [6.45, 7) is 63.7. The summed E-state index contributed by atoms with van der Waals surface area (Å²) in [7, 11) is 0. The van der Waals surface area contributed by atoms with Gasteiger partial charge in [0.05, 0.1) is 52.9 Å². The third kappa shape index (κ3) is 22.7. The highest BCUT2D eigenvalue weighted by Gasteiger charge is 2.33. The van der Waals surface area contributed by atoms with E-state index in [0.717, 1.165) is 186 Å². The molecule has 10 nitrogen and oxygen atoms in total. The standard InChI is InChI=1S/C104H146N2O8/c1-27-35-107-91-67-43-71-55-85(101(15,16)17)59-75(93(71)109-37-29-3)47-79-63-89(105)65-81(97(79)113-41-33-7)49-77-61-87(103(21,22)23)57-73(95(77)111-39-31-5)45-69-53-84(100(12,13)14)54-70(92(69)108-36-28-2)46-74-58-88(104(24,25)26)62-78(96(74)112-40-32-6)50-82-66-90(106)64-80(98(82)114-42-34-8)48-76-60-86(102(18,19)20)56-72(94(76)110-38-30-4)44-68(91)52-83(51-67)99(9,10)11/h51-66H,27-50,105-106H2,1-26H3. The van der Waals surface area contributed by atoms with Crippen molar-refractivity contribution in [3.05, 3.63) is 219 Å². The second kappa shape index (κ2) is 38.2. The van der Waals surface area contributed by atoms with Gasteiger partial charge in [0.2, 0.25) is 0 Å². The SMILES string of the molecule is CCCOc1c2cc(N)cc1Cc1cc(C(C)(C)C)cc(c1OCCC)Cc1cc(C(C)(C)C)cc(c1OCCC)Cc1cc(C(C)(C)C)cc(c1OCCC)Cc1cc(N)cc(c1OCCC)Cc1cc(C(C)(C)C)cc(c1OCCC)Cc1cc(C(C)(C)C)cc(c1OCCC)Cc1cc(C(C)(C)C)cc(c1OCCC)C2. The van der Waals surface area contributed by atoms with E-state index in [1.807, 2.05) is 0 Å². The highest BCUT2D eigenvalue weighted by Crippen LogP contribution is 2.48. The van der Waals surface area contributed by atoms with E-state index >= 15 is 0 Å². The van der Waals surface area contributed by atoms with Crippen LogP contribution in [0.1, 0.15) is 354 Å². The van der Waals surface area contributed by atoms with Crippen molar-refractivity contribution in [2.75, 3.05) is 64.3 Å². The molecule has 4 N–H and O–H groups in total. The van der Waals surface area contributed by atoms with Crippen LogP contribution in [0.25, 0.3) is 0 Å². The summed E-state index contributed by atoms with van der Waals surface area (Å²) in [5.74, 6) is 7.08. The van der Waals surface area contributed by atoms with Crippen LogP contribution in [0.15, 0.2) is 97.1 Å². The summed E-state index contributed by atoms with van der Waals surface area (Å²) < 4.78 is 58.1. The molecule has 1 aliphatic carbocycles. The number of hydrogen-bond acceptors (Lipinski definition) is 10. The molecule has 16 bridgehead atoms. The van der Waals surface area contributed by atoms with Gasteiger partial charge >= 0.3 is 0 Å². The minimum atomic E-state index is -0.233. The Kier molecular flexibility index (Phi) is 30.1. The smallest absolute Gasteiger partial charge is 0.126 e. The Morgan fingerprint density at radius 2 is 0.281 bits per heavy atom. The van der Waals surface area contributed by atoms with Crippen LogP contribution in [0.4, 0.5) is 11.4 Å². The average Bonchev–Trinajstić information content (AvgIpc) is 0.771. The molecule has 0 fully saturated rings. The molecule has 0 radical (unpaired) electrons. The minimum absolute atomic E-state index is 0.229. The van der Waals surface area contributed by atoms with Gasteiger partial charge in [0.25, 0.3) is 0 Å². The lowest BCUT2D eigenvalue weighted by Gasteiger charge is -2.28. The van der Waals surface area contributed by atoms with Gasteiger partial charge in [0, 0.05) is 85.0 Å². The van der Waals surface area contributed by atoms with Crippen LogP contribution in [-0.4, -0.2) is 52.9 Å². The highest BCUT2D eigenvalue weighted by atomic mass is 16.5. The molecule has 0 amide bonds. The van der Waals surface area contributed by atoms with Gasteiger partial charge in [-0.1, -0.05) is 253 Å². The first-order chi connectivity index (χ1) is 53.7. The summed E-state index contributed by atoms with van der Waals surface area (Å²) in [4.78, 5) is 0. The molecular weight excluding hydrogens is 1410 g/mol. The number of nitrogen functional groups attached to an aromatic ring is 2. The Balaban J connectivity index is 1.46. The van der Waals surface area contributed by atoms with E-state index in [-0.39, 0.29) is 32.5 Å². The fourth-order valence-corrected chi connectivity index (χ4v) is 15.5. The summed E-state index contributed by atoms with van der Waals surface area (Å²) in [6, 6.07) is 37.5. The Bertz CT molecular complexity index is 4050. The monoisotopic (exact) mass is 1550 g/mol. The van der Waals surface area contributed by atoms with Crippen LogP contribution in [-0.2, 0) is 83.9 Å². The van der Waals surface area contributed by atoms with Crippen molar-refractivity contribution in [2.45, 2.75) is 315 Å². The molecule has 9 rings (SSSR count). The van der Waals surface area contributed by atoms with E-state index in [1.54, 1.807) is 0 Å². The van der Waals surface area contributed by atoms with Gasteiger partial charge in [-0.15, -0.1) is 0 Å². The molecule has 8 aromatic rings. The van der Waals surface area contributed by atoms with E-state index in [2.05, 4.69) is 277 Å². The third-order valence-electron chi connectivity index (χ3n) is 21.8. The first-order valence-electron chi connectivity index (χ1n) is 43.6. The number of anilines is 2. The molecule has 0 aliphatic heterocycles. The van der Waals surface area contributed by atoms with Gasteiger partial charge < -0.3 is 49.4 Å². The van der Waals surface area contributed by atoms with E-state index in [4.69, 9.17) is 49.4 Å². The number of ether oxygens (including phenoxy) is 8. The predicted molar refractivity (Wildman–Crippen MR) is 481 cm³/mol. The Labute approximate surface area is 690 Å². The normalized spacial score (nSPS) is 13.4. The van der Waals surface area contributed by atoms with Crippen molar-refractivity contribution in [1.29, 1.82) is 0 Å². The largest absolute Gasteiger partial charge is 0.493 e. The van der Waals surface area contributed by atoms with Crippen molar-refractivity contribution >= 4 is 11.4 Å². The molecule has 8 aromatic carbocycles.